The fourth-order valence-corrected chi connectivity index (χ4v) is 5.76. The van der Waals surface area contributed by atoms with Crippen LogP contribution in [0.2, 0.25) is 5.02 Å². The number of ether oxygens (including phenoxy) is 2. The van der Waals surface area contributed by atoms with E-state index in [4.69, 9.17) is 26.1 Å². The number of halogens is 1. The molecule has 0 atom stereocenters. The smallest absolute Gasteiger partial charge is 0.119 e. The molecular formula is C37H48ClN3O2. The molecule has 0 saturated carbocycles. The van der Waals surface area contributed by atoms with Gasteiger partial charge in [0.1, 0.15) is 17.3 Å². The number of imidazole rings is 1. The van der Waals surface area contributed by atoms with Gasteiger partial charge in [0.2, 0.25) is 0 Å². The van der Waals surface area contributed by atoms with Crippen molar-refractivity contribution in [2.45, 2.75) is 72.1 Å². The van der Waals surface area contributed by atoms with Gasteiger partial charge < -0.3 is 18.9 Å². The molecule has 0 amide bonds. The van der Waals surface area contributed by atoms with Gasteiger partial charge in [-0.15, -0.1) is 0 Å². The van der Waals surface area contributed by atoms with Gasteiger partial charge in [-0.1, -0.05) is 64.3 Å². The third-order valence-corrected chi connectivity index (χ3v) is 8.20. The highest BCUT2D eigenvalue weighted by Crippen LogP contribution is 2.32. The maximum atomic E-state index is 6.11. The van der Waals surface area contributed by atoms with Crippen molar-refractivity contribution >= 4 is 11.6 Å². The molecule has 0 unspecified atom stereocenters. The molecule has 1 aromatic heterocycles. The normalized spacial score (nSPS) is 11.4. The first-order valence-electron chi connectivity index (χ1n) is 16.1. The van der Waals surface area contributed by atoms with Gasteiger partial charge in [0.05, 0.1) is 18.9 Å². The van der Waals surface area contributed by atoms with Gasteiger partial charge in [-0.3, -0.25) is 0 Å². The van der Waals surface area contributed by atoms with Crippen LogP contribution in [0.25, 0.3) is 16.9 Å². The van der Waals surface area contributed by atoms with Crippen molar-refractivity contribution in [3.05, 3.63) is 95.4 Å². The highest BCUT2D eigenvalue weighted by molar-refractivity contribution is 6.30. The van der Waals surface area contributed by atoms with E-state index in [1.54, 1.807) is 0 Å². The van der Waals surface area contributed by atoms with Crippen molar-refractivity contribution in [1.29, 1.82) is 0 Å². The first-order chi connectivity index (χ1) is 21.0. The van der Waals surface area contributed by atoms with Gasteiger partial charge in [-0.2, -0.15) is 0 Å². The predicted molar refractivity (Wildman–Crippen MR) is 180 cm³/mol. The van der Waals surface area contributed by atoms with Gasteiger partial charge in [0.15, 0.2) is 0 Å². The number of hydrogen-bond donors (Lipinski definition) is 0. The lowest BCUT2D eigenvalue weighted by atomic mass is 9.97. The van der Waals surface area contributed by atoms with Crippen LogP contribution < -0.4 is 9.47 Å². The molecule has 0 bridgehead atoms. The zero-order valence-corrected chi connectivity index (χ0v) is 27.2. The van der Waals surface area contributed by atoms with Crippen LogP contribution in [0.1, 0.15) is 77.1 Å². The Bertz CT molecular complexity index is 1360. The van der Waals surface area contributed by atoms with Gasteiger partial charge in [-0.25, -0.2) is 4.98 Å². The Kier molecular flexibility index (Phi) is 13.0. The SMILES string of the molecule is CCCC(CCC)c1nc(-c2ccc(OCCc3cccc(Cl)c3)cc2)cn1-c1ccc(OCCCN(CC)CC)cc1. The van der Waals surface area contributed by atoms with Crippen LogP contribution in [0.5, 0.6) is 11.5 Å². The lowest BCUT2D eigenvalue weighted by Crippen LogP contribution is -2.25. The number of nitrogens with zero attached hydrogens (tertiary/aromatic N) is 3. The van der Waals surface area contributed by atoms with E-state index in [0.29, 0.717) is 12.5 Å². The quantitative estimate of drug-likeness (QED) is 0.106. The standard InChI is InChI=1S/C37H48ClN3O2/c1-5-11-31(12-6-2)37-39-36(30-15-19-34(20-16-30)43-26-23-29-13-9-14-32(38)27-29)28-41(37)33-17-21-35(22-18-33)42-25-10-24-40(7-3)8-4/h9,13-22,27-28,31H,5-8,10-12,23-26H2,1-4H3. The lowest BCUT2D eigenvalue weighted by Gasteiger charge is -2.18. The molecule has 43 heavy (non-hydrogen) atoms. The van der Waals surface area contributed by atoms with Crippen molar-refractivity contribution in [2.24, 2.45) is 0 Å². The summed E-state index contributed by atoms with van der Waals surface area (Å²) in [6.45, 7) is 13.5. The summed E-state index contributed by atoms with van der Waals surface area (Å²) in [6.07, 6.45) is 8.53. The maximum Gasteiger partial charge on any atom is 0.119 e. The molecule has 0 spiro atoms. The summed E-state index contributed by atoms with van der Waals surface area (Å²) in [7, 11) is 0. The Morgan fingerprint density at radius 2 is 1.47 bits per heavy atom. The van der Waals surface area contributed by atoms with Crippen LogP contribution in [-0.2, 0) is 6.42 Å². The van der Waals surface area contributed by atoms with Crippen LogP contribution in [-0.4, -0.2) is 47.3 Å². The fraction of sp³-hybridized carbons (Fsp3) is 0.432. The fourth-order valence-electron chi connectivity index (χ4n) is 5.55. The van der Waals surface area contributed by atoms with E-state index in [2.05, 4.69) is 85.8 Å². The van der Waals surface area contributed by atoms with Crippen LogP contribution in [0.15, 0.2) is 79.0 Å². The summed E-state index contributed by atoms with van der Waals surface area (Å²) in [6, 6.07) is 24.7. The largest absolute Gasteiger partial charge is 0.494 e. The average Bonchev–Trinajstić information content (AvgIpc) is 3.47. The highest BCUT2D eigenvalue weighted by Gasteiger charge is 2.20. The molecule has 230 valence electrons. The zero-order valence-electron chi connectivity index (χ0n) is 26.4. The first-order valence-corrected chi connectivity index (χ1v) is 16.4. The summed E-state index contributed by atoms with van der Waals surface area (Å²) in [5, 5.41) is 0.756. The van der Waals surface area contributed by atoms with Crippen molar-refractivity contribution in [2.75, 3.05) is 32.8 Å². The zero-order chi connectivity index (χ0) is 30.4. The molecule has 3 aromatic carbocycles. The van der Waals surface area contributed by atoms with Crippen molar-refractivity contribution < 1.29 is 9.47 Å². The molecule has 4 aromatic rings. The summed E-state index contributed by atoms with van der Waals surface area (Å²) < 4.78 is 14.4. The van der Waals surface area contributed by atoms with Crippen LogP contribution >= 0.6 is 11.6 Å². The topological polar surface area (TPSA) is 39.5 Å². The Balaban J connectivity index is 1.47. The van der Waals surface area contributed by atoms with Crippen molar-refractivity contribution in [1.82, 2.24) is 14.5 Å². The molecule has 0 aliphatic rings. The average molecular weight is 602 g/mol. The molecular weight excluding hydrogens is 554 g/mol. The molecule has 0 saturated heterocycles. The number of rotatable bonds is 18. The molecule has 4 rings (SSSR count). The minimum atomic E-state index is 0.411. The van der Waals surface area contributed by atoms with E-state index in [-0.39, 0.29) is 0 Å². The molecule has 1 heterocycles. The molecule has 5 nitrogen and oxygen atoms in total. The number of benzene rings is 3. The van der Waals surface area contributed by atoms with E-state index in [1.165, 1.54) is 5.56 Å². The lowest BCUT2D eigenvalue weighted by molar-refractivity contribution is 0.249. The summed E-state index contributed by atoms with van der Waals surface area (Å²) >= 11 is 6.11. The third kappa shape index (κ3) is 9.61. The molecule has 0 N–H and O–H groups in total. The monoisotopic (exact) mass is 601 g/mol. The third-order valence-electron chi connectivity index (χ3n) is 7.97. The molecule has 0 radical (unpaired) electrons. The van der Waals surface area contributed by atoms with Gasteiger partial charge >= 0.3 is 0 Å². The summed E-state index contributed by atoms with van der Waals surface area (Å²) in [5.41, 5.74) is 4.35. The molecule has 0 aliphatic heterocycles. The van der Waals surface area contributed by atoms with E-state index >= 15 is 0 Å². The van der Waals surface area contributed by atoms with Gasteiger partial charge in [0, 0.05) is 41.4 Å². The van der Waals surface area contributed by atoms with Crippen LogP contribution in [0.4, 0.5) is 0 Å². The Hall–Kier alpha value is -3.28. The second kappa shape index (κ2) is 17.1. The minimum Gasteiger partial charge on any atom is -0.494 e. The minimum absolute atomic E-state index is 0.411. The summed E-state index contributed by atoms with van der Waals surface area (Å²) in [4.78, 5) is 7.65. The van der Waals surface area contributed by atoms with Crippen LogP contribution in [0.3, 0.4) is 0 Å². The second-order valence-corrected chi connectivity index (χ2v) is 11.5. The van der Waals surface area contributed by atoms with E-state index in [1.807, 2.05) is 30.3 Å². The Morgan fingerprint density at radius 3 is 2.09 bits per heavy atom. The molecule has 0 aliphatic carbocycles. The number of hydrogen-bond acceptors (Lipinski definition) is 4. The van der Waals surface area contributed by atoms with E-state index in [0.717, 1.165) is 104 Å². The highest BCUT2D eigenvalue weighted by atomic mass is 35.5. The van der Waals surface area contributed by atoms with E-state index in [9.17, 15) is 0 Å². The van der Waals surface area contributed by atoms with Crippen LogP contribution in [0, 0.1) is 0 Å². The summed E-state index contributed by atoms with van der Waals surface area (Å²) in [5.74, 6) is 3.31. The van der Waals surface area contributed by atoms with Gasteiger partial charge in [0.25, 0.3) is 0 Å². The van der Waals surface area contributed by atoms with Crippen molar-refractivity contribution in [3.8, 4) is 28.4 Å². The number of aromatic nitrogens is 2. The second-order valence-electron chi connectivity index (χ2n) is 11.1. The van der Waals surface area contributed by atoms with Crippen molar-refractivity contribution in [3.63, 3.8) is 0 Å². The predicted octanol–water partition coefficient (Wildman–Crippen LogP) is 9.61. The Morgan fingerprint density at radius 1 is 0.814 bits per heavy atom. The Labute approximate surface area is 263 Å². The molecule has 6 heteroatoms. The van der Waals surface area contributed by atoms with E-state index < -0.39 is 0 Å². The first kappa shape index (κ1) is 32.6. The molecule has 0 fully saturated rings. The van der Waals surface area contributed by atoms with Gasteiger partial charge in [-0.05, 0) is 98.6 Å². The maximum absolute atomic E-state index is 6.11.